The van der Waals surface area contributed by atoms with E-state index in [1.54, 1.807) is 35.9 Å². The molecule has 0 fully saturated rings. The number of aromatic nitrogens is 1. The molecule has 3 rings (SSSR count). The fraction of sp³-hybridized carbons (Fsp3) is 0.0769. The smallest absolute Gasteiger partial charge is 0.195 e. The molecule has 0 saturated heterocycles. The van der Waals surface area contributed by atoms with Crippen LogP contribution in [0, 0.1) is 17.5 Å². The first-order chi connectivity index (χ1) is 8.11. The van der Waals surface area contributed by atoms with Crippen LogP contribution in [0.1, 0.15) is 0 Å². The Bertz CT molecular complexity index is 743. The molecule has 0 N–H and O–H groups in total. The minimum Gasteiger partial charge on any atom is -0.343 e. The van der Waals surface area contributed by atoms with Crippen LogP contribution in [0.4, 0.5) is 13.2 Å². The molecule has 86 valence electrons. The van der Waals surface area contributed by atoms with Crippen molar-refractivity contribution < 1.29 is 13.2 Å². The Morgan fingerprint density at radius 1 is 0.941 bits per heavy atom. The molecule has 0 spiro atoms. The number of nitrogens with zero attached hydrogens (tertiary/aromatic N) is 1. The number of hydrogen-bond acceptors (Lipinski definition) is 0. The summed E-state index contributed by atoms with van der Waals surface area (Å²) in [5.74, 6) is -3.72. The number of halogens is 3. The summed E-state index contributed by atoms with van der Waals surface area (Å²) >= 11 is 0. The lowest BCUT2D eigenvalue weighted by Crippen LogP contribution is -1.93. The first-order valence-electron chi connectivity index (χ1n) is 5.12. The predicted molar refractivity (Wildman–Crippen MR) is 60.3 cm³/mol. The quantitative estimate of drug-likeness (QED) is 0.523. The lowest BCUT2D eigenvalue weighted by atomic mass is 10.1. The van der Waals surface area contributed by atoms with Gasteiger partial charge in [-0.05, 0) is 6.07 Å². The van der Waals surface area contributed by atoms with E-state index in [2.05, 4.69) is 0 Å². The van der Waals surface area contributed by atoms with Crippen molar-refractivity contribution in [2.45, 2.75) is 0 Å². The molecule has 0 aliphatic carbocycles. The highest BCUT2D eigenvalue weighted by Gasteiger charge is 2.18. The number of para-hydroxylation sites is 1. The van der Waals surface area contributed by atoms with Crippen molar-refractivity contribution >= 4 is 21.8 Å². The van der Waals surface area contributed by atoms with Gasteiger partial charge >= 0.3 is 0 Å². The summed E-state index contributed by atoms with van der Waals surface area (Å²) in [5.41, 5.74) is 1.09. The molecule has 0 bridgehead atoms. The normalized spacial score (nSPS) is 11.5. The summed E-state index contributed by atoms with van der Waals surface area (Å²) in [6.45, 7) is 0. The third-order valence-electron chi connectivity index (χ3n) is 3.04. The summed E-state index contributed by atoms with van der Waals surface area (Å²) in [6, 6.07) is 8.03. The van der Waals surface area contributed by atoms with Gasteiger partial charge in [-0.15, -0.1) is 0 Å². The first kappa shape index (κ1) is 10.2. The Hall–Kier alpha value is -1.97. The second kappa shape index (κ2) is 3.26. The van der Waals surface area contributed by atoms with Gasteiger partial charge in [-0.1, -0.05) is 18.2 Å². The van der Waals surface area contributed by atoms with E-state index in [1.807, 2.05) is 0 Å². The molecule has 0 aliphatic rings. The third-order valence-corrected chi connectivity index (χ3v) is 3.04. The second-order valence-corrected chi connectivity index (χ2v) is 3.96. The third kappa shape index (κ3) is 1.21. The molecule has 1 nitrogen and oxygen atoms in total. The highest BCUT2D eigenvalue weighted by Crippen LogP contribution is 2.32. The number of hydrogen-bond donors (Lipinski definition) is 0. The Balaban J connectivity index is 2.68. The molecule has 0 saturated carbocycles. The second-order valence-electron chi connectivity index (χ2n) is 3.96. The first-order valence-corrected chi connectivity index (χ1v) is 5.12. The molecule has 17 heavy (non-hydrogen) atoms. The standard InChI is InChI=1S/C13H8F3N/c1-17-9-5-3-2-4-7(9)11-10(17)6-8(14)12(15)13(11)16/h2-6H,1H3. The summed E-state index contributed by atoms with van der Waals surface area (Å²) in [5, 5.41) is 0.711. The molecule has 3 aromatic rings. The zero-order valence-electron chi connectivity index (χ0n) is 8.97. The van der Waals surface area contributed by atoms with Crippen LogP contribution in [0.5, 0.6) is 0 Å². The SMILES string of the molecule is Cn1c2ccccc2c2c(F)c(F)c(F)cc21. The average molecular weight is 235 g/mol. The molecule has 4 heteroatoms. The largest absolute Gasteiger partial charge is 0.343 e. The van der Waals surface area contributed by atoms with E-state index in [9.17, 15) is 13.2 Å². The Labute approximate surface area is 95.1 Å². The van der Waals surface area contributed by atoms with Crippen LogP contribution in [-0.2, 0) is 7.05 Å². The zero-order valence-corrected chi connectivity index (χ0v) is 8.97. The summed E-state index contributed by atoms with van der Waals surface area (Å²) in [7, 11) is 1.70. The van der Waals surface area contributed by atoms with Crippen molar-refractivity contribution in [1.82, 2.24) is 4.57 Å². The van der Waals surface area contributed by atoms with Crippen molar-refractivity contribution in [2.24, 2.45) is 7.05 Å². The van der Waals surface area contributed by atoms with Crippen LogP contribution in [0.15, 0.2) is 30.3 Å². The zero-order chi connectivity index (χ0) is 12.2. The topological polar surface area (TPSA) is 4.93 Å². The molecular weight excluding hydrogens is 227 g/mol. The molecule has 0 atom stereocenters. The lowest BCUT2D eigenvalue weighted by Gasteiger charge is -1.99. The van der Waals surface area contributed by atoms with E-state index in [0.29, 0.717) is 10.9 Å². The van der Waals surface area contributed by atoms with Crippen molar-refractivity contribution in [3.8, 4) is 0 Å². The van der Waals surface area contributed by atoms with Gasteiger partial charge in [0.2, 0.25) is 0 Å². The minimum absolute atomic E-state index is 0.127. The summed E-state index contributed by atoms with van der Waals surface area (Å²) in [6.07, 6.45) is 0. The van der Waals surface area contributed by atoms with Gasteiger partial charge in [0.05, 0.1) is 5.52 Å². The van der Waals surface area contributed by atoms with Crippen molar-refractivity contribution in [1.29, 1.82) is 0 Å². The van der Waals surface area contributed by atoms with Crippen LogP contribution >= 0.6 is 0 Å². The van der Waals surface area contributed by atoms with Gasteiger partial charge in [0.1, 0.15) is 0 Å². The number of fused-ring (bicyclic) bond motifs is 3. The van der Waals surface area contributed by atoms with Gasteiger partial charge in [0.15, 0.2) is 17.5 Å². The van der Waals surface area contributed by atoms with Gasteiger partial charge in [-0.3, -0.25) is 0 Å². The fourth-order valence-electron chi connectivity index (χ4n) is 2.21. The van der Waals surface area contributed by atoms with Gasteiger partial charge in [-0.25, -0.2) is 13.2 Å². The highest BCUT2D eigenvalue weighted by atomic mass is 19.2. The van der Waals surface area contributed by atoms with Gasteiger partial charge in [0, 0.05) is 29.4 Å². The molecule has 2 aromatic carbocycles. The number of benzene rings is 2. The van der Waals surface area contributed by atoms with Crippen LogP contribution in [0.2, 0.25) is 0 Å². The summed E-state index contributed by atoms with van der Waals surface area (Å²) in [4.78, 5) is 0. The predicted octanol–water partition coefficient (Wildman–Crippen LogP) is 3.75. The van der Waals surface area contributed by atoms with E-state index in [0.717, 1.165) is 11.6 Å². The molecule has 0 unspecified atom stereocenters. The maximum Gasteiger partial charge on any atom is 0.195 e. The van der Waals surface area contributed by atoms with E-state index in [1.165, 1.54) is 0 Å². The van der Waals surface area contributed by atoms with Crippen molar-refractivity contribution in [3.05, 3.63) is 47.8 Å². The van der Waals surface area contributed by atoms with Crippen LogP contribution in [0.3, 0.4) is 0 Å². The monoisotopic (exact) mass is 235 g/mol. The number of rotatable bonds is 0. The van der Waals surface area contributed by atoms with Crippen LogP contribution < -0.4 is 0 Å². The molecule has 0 radical (unpaired) electrons. The molecule has 0 aliphatic heterocycles. The van der Waals surface area contributed by atoms with Gasteiger partial charge in [-0.2, -0.15) is 0 Å². The average Bonchev–Trinajstić information content (AvgIpc) is 2.61. The van der Waals surface area contributed by atoms with Gasteiger partial charge < -0.3 is 4.57 Å². The van der Waals surface area contributed by atoms with Crippen molar-refractivity contribution in [3.63, 3.8) is 0 Å². The summed E-state index contributed by atoms with van der Waals surface area (Å²) < 4.78 is 41.9. The molecular formula is C13H8F3N. The van der Waals surface area contributed by atoms with E-state index >= 15 is 0 Å². The van der Waals surface area contributed by atoms with Crippen LogP contribution in [-0.4, -0.2) is 4.57 Å². The Kier molecular flexibility index (Phi) is 1.96. The Morgan fingerprint density at radius 2 is 1.65 bits per heavy atom. The maximum atomic E-state index is 13.8. The molecule has 0 amide bonds. The molecule has 1 heterocycles. The minimum atomic E-state index is -1.42. The van der Waals surface area contributed by atoms with Crippen molar-refractivity contribution in [2.75, 3.05) is 0 Å². The van der Waals surface area contributed by atoms with E-state index < -0.39 is 17.5 Å². The number of aryl methyl sites for hydroxylation is 1. The van der Waals surface area contributed by atoms with Crippen LogP contribution in [0.25, 0.3) is 21.8 Å². The maximum absolute atomic E-state index is 13.8. The molecule has 1 aromatic heterocycles. The highest BCUT2D eigenvalue weighted by molar-refractivity contribution is 6.08. The van der Waals surface area contributed by atoms with E-state index in [-0.39, 0.29) is 5.39 Å². The van der Waals surface area contributed by atoms with E-state index in [4.69, 9.17) is 0 Å². The van der Waals surface area contributed by atoms with Gasteiger partial charge in [0.25, 0.3) is 0 Å². The fourth-order valence-corrected chi connectivity index (χ4v) is 2.21. The Morgan fingerprint density at radius 3 is 2.41 bits per heavy atom. The lowest BCUT2D eigenvalue weighted by molar-refractivity contribution is 0.453.